The minimum atomic E-state index is -1.65. The molecule has 238 valence electrons. The van der Waals surface area contributed by atoms with Gasteiger partial charge in [0.25, 0.3) is 0 Å². The van der Waals surface area contributed by atoms with Gasteiger partial charge in [0.05, 0.1) is 18.1 Å². The van der Waals surface area contributed by atoms with Crippen molar-refractivity contribution in [1.29, 1.82) is 0 Å². The van der Waals surface area contributed by atoms with Crippen LogP contribution in [0, 0.1) is 75.5 Å². The summed E-state index contributed by atoms with van der Waals surface area (Å²) in [4.78, 5) is -1.09. The fraction of sp³-hybridized carbons (Fsp3) is 0.818. The molecule has 0 bridgehead atoms. The van der Waals surface area contributed by atoms with Crippen molar-refractivity contribution in [2.75, 3.05) is 0 Å². The molecule has 6 unspecified atom stereocenters. The molecule has 0 heterocycles. The van der Waals surface area contributed by atoms with Gasteiger partial charge >= 0.3 is 0 Å². The standard InChI is InChI=1S/C33H48F4O4S/c1-18(2)7-6-8-19(3)23-11-12-24-22-10-9-20-17-21(13-15-32(20,4)25(22)14-16-33(23,24)5)39-30-26(34)28(36)31(42-41-40-38)29(37)27(30)35/h18-25,38H,6-17H2,1-5H3/t19?,20?,21-,22?,23?,24?,25?,32-,33+/m0/s1. The second-order valence-corrected chi connectivity index (χ2v) is 15.6. The van der Waals surface area contributed by atoms with E-state index in [0.29, 0.717) is 30.1 Å². The lowest BCUT2D eigenvalue weighted by Crippen LogP contribution is -2.54. The molecule has 1 N–H and O–H groups in total. The zero-order chi connectivity index (χ0) is 30.4. The van der Waals surface area contributed by atoms with Crippen molar-refractivity contribution >= 4 is 12.0 Å². The Kier molecular flexibility index (Phi) is 9.83. The minimum absolute atomic E-state index is 0.140. The Morgan fingerprint density at radius 2 is 1.50 bits per heavy atom. The third-order valence-corrected chi connectivity index (χ3v) is 13.1. The molecule has 4 aliphatic carbocycles. The number of ether oxygens (including phenoxy) is 1. The summed E-state index contributed by atoms with van der Waals surface area (Å²) in [5.41, 5.74) is 0.560. The molecule has 9 atom stereocenters. The maximum absolute atomic E-state index is 14.8. The predicted molar refractivity (Wildman–Crippen MR) is 154 cm³/mol. The Bertz CT molecular complexity index is 1090. The lowest BCUT2D eigenvalue weighted by molar-refractivity contribution is -0.432. The third kappa shape index (κ3) is 5.74. The molecule has 0 saturated heterocycles. The Labute approximate surface area is 252 Å². The van der Waals surface area contributed by atoms with E-state index in [1.807, 2.05) is 0 Å². The summed E-state index contributed by atoms with van der Waals surface area (Å²) in [5.74, 6) is -2.74. The topological polar surface area (TPSA) is 47.9 Å². The second kappa shape index (κ2) is 12.8. The summed E-state index contributed by atoms with van der Waals surface area (Å²) in [6, 6.07) is 0. The van der Waals surface area contributed by atoms with Gasteiger partial charge < -0.3 is 4.74 Å². The molecule has 0 radical (unpaired) electrons. The number of halogens is 4. The smallest absolute Gasteiger partial charge is 0.205 e. The molecule has 1 aromatic rings. The molecular formula is C33H48F4O4S. The fourth-order valence-electron chi connectivity index (χ4n) is 10.3. The van der Waals surface area contributed by atoms with Gasteiger partial charge in [0.15, 0.2) is 17.4 Å². The molecular weight excluding hydrogens is 568 g/mol. The van der Waals surface area contributed by atoms with Gasteiger partial charge in [-0.15, -0.1) is 4.33 Å². The van der Waals surface area contributed by atoms with Gasteiger partial charge in [0, 0.05) is 0 Å². The zero-order valence-electron chi connectivity index (χ0n) is 25.7. The van der Waals surface area contributed by atoms with Crippen molar-refractivity contribution in [3.8, 4) is 5.75 Å². The zero-order valence-corrected chi connectivity index (χ0v) is 26.5. The highest BCUT2D eigenvalue weighted by atomic mass is 32.2. The van der Waals surface area contributed by atoms with Crippen molar-refractivity contribution in [2.24, 2.45) is 52.3 Å². The van der Waals surface area contributed by atoms with E-state index in [1.165, 1.54) is 51.4 Å². The monoisotopic (exact) mass is 616 g/mol. The SMILES string of the molecule is CC(C)CCCC(C)C1CCC2C3CCC4C[C@@H](Oc5c(F)c(F)c(SOOO)c(F)c5F)CC[C@]4(C)C3CC[C@]12C. The molecule has 4 nitrogen and oxygen atoms in total. The third-order valence-electron chi connectivity index (χ3n) is 12.4. The number of hydrogen-bond donors (Lipinski definition) is 1. The van der Waals surface area contributed by atoms with Crippen LogP contribution >= 0.6 is 12.0 Å². The first-order valence-electron chi connectivity index (χ1n) is 16.1. The average molecular weight is 617 g/mol. The van der Waals surface area contributed by atoms with Gasteiger partial charge in [0.1, 0.15) is 4.90 Å². The first-order chi connectivity index (χ1) is 19.9. The van der Waals surface area contributed by atoms with Gasteiger partial charge in [-0.25, -0.2) is 14.0 Å². The summed E-state index contributed by atoms with van der Waals surface area (Å²) in [6.45, 7) is 12.1. The predicted octanol–water partition coefficient (Wildman–Crippen LogP) is 10.5. The van der Waals surface area contributed by atoms with Crippen LogP contribution in [0.25, 0.3) is 0 Å². The summed E-state index contributed by atoms with van der Waals surface area (Å²) in [5, 5.41) is 11.5. The molecule has 4 fully saturated rings. The minimum Gasteiger partial charge on any atom is -0.484 e. The molecule has 42 heavy (non-hydrogen) atoms. The van der Waals surface area contributed by atoms with E-state index >= 15 is 0 Å². The Morgan fingerprint density at radius 1 is 0.833 bits per heavy atom. The number of benzene rings is 1. The molecule has 0 aliphatic heterocycles. The Hall–Kier alpha value is -1.03. The molecule has 5 rings (SSSR count). The van der Waals surface area contributed by atoms with Gasteiger partial charge in [-0.1, -0.05) is 58.9 Å². The van der Waals surface area contributed by atoms with E-state index in [0.717, 1.165) is 42.4 Å². The van der Waals surface area contributed by atoms with E-state index in [-0.39, 0.29) is 17.5 Å². The van der Waals surface area contributed by atoms with E-state index in [9.17, 15) is 17.6 Å². The summed E-state index contributed by atoms with van der Waals surface area (Å²) in [6.07, 6.45) is 13.0. The highest BCUT2D eigenvalue weighted by Gasteiger charge is 2.60. The van der Waals surface area contributed by atoms with Crippen LogP contribution in [0.5, 0.6) is 5.75 Å². The van der Waals surface area contributed by atoms with Gasteiger partial charge in [-0.2, -0.15) is 8.78 Å². The van der Waals surface area contributed by atoms with E-state index in [4.69, 9.17) is 9.99 Å². The van der Waals surface area contributed by atoms with Crippen LogP contribution in [0.15, 0.2) is 4.90 Å². The van der Waals surface area contributed by atoms with Crippen molar-refractivity contribution in [3.63, 3.8) is 0 Å². The number of rotatable bonds is 10. The van der Waals surface area contributed by atoms with Crippen molar-refractivity contribution in [3.05, 3.63) is 23.3 Å². The molecule has 0 aromatic heterocycles. The van der Waals surface area contributed by atoms with Gasteiger partial charge in [-0.3, -0.25) is 0 Å². The molecule has 0 amide bonds. The van der Waals surface area contributed by atoms with Crippen LogP contribution < -0.4 is 4.74 Å². The normalized spacial score (nSPS) is 36.8. The van der Waals surface area contributed by atoms with Crippen LogP contribution in [0.2, 0.25) is 0 Å². The number of hydrogen-bond acceptors (Lipinski definition) is 5. The van der Waals surface area contributed by atoms with Crippen LogP contribution in [-0.4, -0.2) is 11.4 Å². The molecule has 1 aromatic carbocycles. The quantitative estimate of drug-likeness (QED) is 0.0932. The Morgan fingerprint density at radius 3 is 2.17 bits per heavy atom. The summed E-state index contributed by atoms with van der Waals surface area (Å²) >= 11 is -0.164. The lowest BCUT2D eigenvalue weighted by Gasteiger charge is -2.61. The van der Waals surface area contributed by atoms with Gasteiger partial charge in [-0.05, 0) is 110 Å². The summed E-state index contributed by atoms with van der Waals surface area (Å²) in [7, 11) is 0. The Balaban J connectivity index is 1.26. The van der Waals surface area contributed by atoms with Gasteiger partial charge in [0.2, 0.25) is 11.6 Å². The molecule has 4 aliphatic rings. The van der Waals surface area contributed by atoms with Crippen LogP contribution in [0.1, 0.15) is 112 Å². The molecule has 0 spiro atoms. The average Bonchev–Trinajstić information content (AvgIpc) is 3.31. The maximum atomic E-state index is 14.8. The lowest BCUT2D eigenvalue weighted by atomic mass is 9.44. The largest absolute Gasteiger partial charge is 0.484 e. The van der Waals surface area contributed by atoms with Crippen molar-refractivity contribution < 1.29 is 36.9 Å². The first-order valence-corrected chi connectivity index (χ1v) is 16.8. The van der Waals surface area contributed by atoms with Crippen molar-refractivity contribution in [1.82, 2.24) is 0 Å². The molecule has 9 heteroatoms. The number of fused-ring (bicyclic) bond motifs is 5. The fourth-order valence-corrected chi connectivity index (χ4v) is 10.8. The second-order valence-electron chi connectivity index (χ2n) is 14.8. The maximum Gasteiger partial charge on any atom is 0.205 e. The van der Waals surface area contributed by atoms with Crippen LogP contribution in [0.3, 0.4) is 0 Å². The van der Waals surface area contributed by atoms with Crippen molar-refractivity contribution in [2.45, 2.75) is 123 Å². The van der Waals surface area contributed by atoms with E-state index < -0.39 is 40.0 Å². The highest BCUT2D eigenvalue weighted by Crippen LogP contribution is 2.68. The first kappa shape index (κ1) is 32.4. The summed E-state index contributed by atoms with van der Waals surface area (Å²) < 4.78 is 68.3. The molecule has 4 saturated carbocycles. The van der Waals surface area contributed by atoms with E-state index in [1.54, 1.807) is 0 Å². The van der Waals surface area contributed by atoms with Crippen LogP contribution in [-0.2, 0) is 9.37 Å². The van der Waals surface area contributed by atoms with Crippen LogP contribution in [0.4, 0.5) is 17.6 Å². The van der Waals surface area contributed by atoms with E-state index in [2.05, 4.69) is 44.0 Å². The highest BCUT2D eigenvalue weighted by molar-refractivity contribution is 7.94.